The van der Waals surface area contributed by atoms with Crippen molar-refractivity contribution in [1.29, 1.82) is 0 Å². The molecule has 5 aliphatic rings. The number of ketones is 2. The molecular formula is C24H32N2O3. The Morgan fingerprint density at radius 1 is 1.07 bits per heavy atom. The highest BCUT2D eigenvalue weighted by Gasteiger charge is 2.55. The fourth-order valence-electron chi connectivity index (χ4n) is 7.92. The summed E-state index contributed by atoms with van der Waals surface area (Å²) in [7, 11) is 0. The topological polar surface area (TPSA) is 89.3 Å². The first-order valence-corrected chi connectivity index (χ1v) is 11.5. The number of hydrogen-bond acceptors (Lipinski definition) is 4. The summed E-state index contributed by atoms with van der Waals surface area (Å²) in [6, 6.07) is 0. The van der Waals surface area contributed by atoms with Gasteiger partial charge in [0.2, 0.25) is 5.91 Å². The molecule has 0 radical (unpaired) electrons. The summed E-state index contributed by atoms with van der Waals surface area (Å²) in [6.45, 7) is 2.16. The first-order valence-electron chi connectivity index (χ1n) is 11.5. The van der Waals surface area contributed by atoms with E-state index < -0.39 is 0 Å². The Balaban J connectivity index is 1.48. The number of rotatable bonds is 1. The third-order valence-corrected chi connectivity index (χ3v) is 9.14. The summed E-state index contributed by atoms with van der Waals surface area (Å²) < 4.78 is 0. The lowest BCUT2D eigenvalue weighted by Gasteiger charge is -2.55. The SMILES string of the molecule is CC1C(C(=O)NN)CCC2CCC3C4CCC5CC(=O)C=CC5C4=CC(=O)C3C21. The third kappa shape index (κ3) is 2.96. The molecule has 5 heteroatoms. The Bertz CT molecular complexity index is 800. The molecule has 29 heavy (non-hydrogen) atoms. The second-order valence-electron chi connectivity index (χ2n) is 10.2. The molecule has 0 bridgehead atoms. The van der Waals surface area contributed by atoms with Crippen LogP contribution in [0.3, 0.4) is 0 Å². The largest absolute Gasteiger partial charge is 0.295 e. The van der Waals surface area contributed by atoms with Gasteiger partial charge in [-0.3, -0.25) is 19.8 Å². The van der Waals surface area contributed by atoms with Crippen LogP contribution in [0.2, 0.25) is 0 Å². The van der Waals surface area contributed by atoms with Crippen molar-refractivity contribution < 1.29 is 14.4 Å². The monoisotopic (exact) mass is 396 g/mol. The highest BCUT2D eigenvalue weighted by molar-refractivity contribution is 5.95. The van der Waals surface area contributed by atoms with Gasteiger partial charge in [-0.05, 0) is 86.2 Å². The summed E-state index contributed by atoms with van der Waals surface area (Å²) in [4.78, 5) is 37.7. The van der Waals surface area contributed by atoms with Gasteiger partial charge in [-0.2, -0.15) is 0 Å². The fourth-order valence-corrected chi connectivity index (χ4v) is 7.92. The second-order valence-corrected chi connectivity index (χ2v) is 10.2. The fraction of sp³-hybridized carbons (Fsp3) is 0.708. The zero-order chi connectivity index (χ0) is 20.3. The zero-order valence-corrected chi connectivity index (χ0v) is 17.2. The average Bonchev–Trinajstić information content (AvgIpc) is 2.72. The van der Waals surface area contributed by atoms with Gasteiger partial charge in [-0.1, -0.05) is 18.6 Å². The molecule has 1 amide bonds. The summed E-state index contributed by atoms with van der Waals surface area (Å²) in [5.41, 5.74) is 3.65. The molecule has 0 aliphatic heterocycles. The number of fused-ring (bicyclic) bond motifs is 7. The van der Waals surface area contributed by atoms with Crippen molar-refractivity contribution in [2.75, 3.05) is 0 Å². The lowest BCUT2D eigenvalue weighted by atomic mass is 9.48. The standard InChI is InChI=1S/C24H32N2O3/c1-12-16(24(29)26-25)6-2-13-3-8-19-18-7-4-14-10-15(27)5-9-17(14)20(18)11-21(28)23(19)22(12)13/h5,9,11-14,16-19,22-23H,2-4,6-8,10,25H2,1H3,(H,26,29). The Morgan fingerprint density at radius 3 is 2.62 bits per heavy atom. The molecule has 5 rings (SSSR count). The third-order valence-electron chi connectivity index (χ3n) is 9.14. The molecule has 0 aromatic rings. The van der Waals surface area contributed by atoms with Crippen molar-refractivity contribution >= 4 is 17.5 Å². The molecular weight excluding hydrogens is 364 g/mol. The van der Waals surface area contributed by atoms with Gasteiger partial charge in [0, 0.05) is 24.2 Å². The van der Waals surface area contributed by atoms with Crippen molar-refractivity contribution in [3.8, 4) is 0 Å². The molecule has 5 nitrogen and oxygen atoms in total. The Morgan fingerprint density at radius 2 is 1.83 bits per heavy atom. The molecule has 0 spiro atoms. The van der Waals surface area contributed by atoms with E-state index in [4.69, 9.17) is 5.84 Å². The van der Waals surface area contributed by atoms with Crippen molar-refractivity contribution in [1.82, 2.24) is 5.43 Å². The van der Waals surface area contributed by atoms with Gasteiger partial charge in [0.1, 0.15) is 0 Å². The molecule has 0 heterocycles. The average molecular weight is 397 g/mol. The molecule has 5 aliphatic carbocycles. The number of nitrogens with two attached hydrogens (primary N) is 1. The van der Waals surface area contributed by atoms with Crippen molar-refractivity contribution in [3.63, 3.8) is 0 Å². The van der Waals surface area contributed by atoms with Crippen LogP contribution in [0.4, 0.5) is 0 Å². The van der Waals surface area contributed by atoms with E-state index in [0.717, 1.165) is 32.1 Å². The van der Waals surface area contributed by atoms with E-state index in [2.05, 4.69) is 18.4 Å². The minimum atomic E-state index is -0.0822. The van der Waals surface area contributed by atoms with E-state index >= 15 is 0 Å². The van der Waals surface area contributed by atoms with E-state index in [1.807, 2.05) is 6.08 Å². The lowest BCUT2D eigenvalue weighted by Crippen LogP contribution is -2.53. The van der Waals surface area contributed by atoms with Crippen LogP contribution in [-0.2, 0) is 14.4 Å². The van der Waals surface area contributed by atoms with E-state index in [1.54, 1.807) is 6.08 Å². The number of carbonyl (C=O) groups is 3. The van der Waals surface area contributed by atoms with Gasteiger partial charge < -0.3 is 0 Å². The minimum absolute atomic E-state index is 0.0524. The van der Waals surface area contributed by atoms with Gasteiger partial charge in [0.15, 0.2) is 11.6 Å². The molecule has 3 N–H and O–H groups in total. The predicted molar refractivity (Wildman–Crippen MR) is 109 cm³/mol. The number of amides is 1. The van der Waals surface area contributed by atoms with E-state index in [-0.39, 0.29) is 47.1 Å². The Kier molecular flexibility index (Phi) is 4.77. The maximum absolute atomic E-state index is 13.5. The van der Waals surface area contributed by atoms with Gasteiger partial charge in [0.05, 0.1) is 0 Å². The molecule has 9 atom stereocenters. The molecule has 156 valence electrons. The van der Waals surface area contributed by atoms with Crippen molar-refractivity contribution in [3.05, 3.63) is 23.8 Å². The molecule has 3 saturated carbocycles. The van der Waals surface area contributed by atoms with Gasteiger partial charge in [-0.25, -0.2) is 5.84 Å². The molecule has 9 unspecified atom stereocenters. The molecule has 0 aromatic heterocycles. The van der Waals surface area contributed by atoms with Crippen LogP contribution in [-0.4, -0.2) is 17.5 Å². The maximum Gasteiger partial charge on any atom is 0.237 e. The van der Waals surface area contributed by atoms with Crippen LogP contribution < -0.4 is 11.3 Å². The Hall–Kier alpha value is -1.75. The lowest BCUT2D eigenvalue weighted by molar-refractivity contribution is -0.140. The predicted octanol–water partition coefficient (Wildman–Crippen LogP) is 2.96. The van der Waals surface area contributed by atoms with E-state index in [9.17, 15) is 14.4 Å². The summed E-state index contributed by atoms with van der Waals surface area (Å²) >= 11 is 0. The number of hydrazine groups is 1. The number of hydrogen-bond donors (Lipinski definition) is 2. The van der Waals surface area contributed by atoms with Crippen LogP contribution in [0.1, 0.15) is 51.9 Å². The molecule has 0 saturated heterocycles. The number of carbonyl (C=O) groups excluding carboxylic acids is 3. The maximum atomic E-state index is 13.5. The van der Waals surface area contributed by atoms with Crippen LogP contribution in [0.5, 0.6) is 0 Å². The van der Waals surface area contributed by atoms with Crippen molar-refractivity contribution in [2.24, 2.45) is 59.1 Å². The quantitative estimate of drug-likeness (QED) is 0.405. The van der Waals surface area contributed by atoms with Crippen LogP contribution in [0.25, 0.3) is 0 Å². The minimum Gasteiger partial charge on any atom is -0.295 e. The van der Waals surface area contributed by atoms with Gasteiger partial charge in [-0.15, -0.1) is 0 Å². The summed E-state index contributed by atoms with van der Waals surface area (Å²) in [5, 5.41) is 0. The highest BCUT2D eigenvalue weighted by atomic mass is 16.2. The van der Waals surface area contributed by atoms with E-state index in [1.165, 1.54) is 12.0 Å². The highest BCUT2D eigenvalue weighted by Crippen LogP contribution is 2.58. The van der Waals surface area contributed by atoms with Crippen LogP contribution in [0, 0.1) is 53.3 Å². The number of allylic oxidation sites excluding steroid dienone is 4. The van der Waals surface area contributed by atoms with Gasteiger partial charge in [0.25, 0.3) is 0 Å². The summed E-state index contributed by atoms with van der Waals surface area (Å²) in [6.07, 6.45) is 12.8. The molecule has 3 fully saturated rings. The van der Waals surface area contributed by atoms with Crippen LogP contribution >= 0.6 is 0 Å². The zero-order valence-electron chi connectivity index (χ0n) is 17.2. The second kappa shape index (κ2) is 7.19. The first kappa shape index (κ1) is 19.2. The smallest absolute Gasteiger partial charge is 0.237 e. The van der Waals surface area contributed by atoms with Gasteiger partial charge >= 0.3 is 0 Å². The summed E-state index contributed by atoms with van der Waals surface area (Å²) in [5.74, 6) is 8.39. The Labute approximate surface area is 172 Å². The van der Waals surface area contributed by atoms with Crippen molar-refractivity contribution in [2.45, 2.75) is 51.9 Å². The van der Waals surface area contributed by atoms with E-state index in [0.29, 0.717) is 30.1 Å². The van der Waals surface area contributed by atoms with Crippen LogP contribution in [0.15, 0.2) is 23.8 Å². The molecule has 0 aromatic carbocycles. The normalized spacial score (nSPS) is 46.0. The number of nitrogens with one attached hydrogen (secondary N) is 1. The first-order chi connectivity index (χ1) is 14.0.